The van der Waals surface area contributed by atoms with Gasteiger partial charge < -0.3 is 14.7 Å². The fraction of sp³-hybridized carbons (Fsp3) is 0.259. The second-order valence-corrected chi connectivity index (χ2v) is 8.86. The molecule has 1 aliphatic rings. The number of rotatable bonds is 5. The number of anilines is 1. The number of hydrogen-bond donors (Lipinski definition) is 1. The lowest BCUT2D eigenvalue weighted by Gasteiger charge is -2.40. The van der Waals surface area contributed by atoms with Crippen molar-refractivity contribution in [1.29, 1.82) is 0 Å². The number of benzene rings is 3. The number of halogens is 2. The molecule has 1 fully saturated rings. The number of esters is 1. The number of hydrogen-bond acceptors (Lipinski definition) is 4. The number of nitrogens with zero attached hydrogens (tertiary/aromatic N) is 1. The molecule has 1 heterocycles. The predicted molar refractivity (Wildman–Crippen MR) is 140 cm³/mol. The van der Waals surface area contributed by atoms with Crippen LogP contribution in [0.15, 0.2) is 72.8 Å². The summed E-state index contributed by atoms with van der Waals surface area (Å²) in [6.45, 7) is 3.28. The van der Waals surface area contributed by atoms with Gasteiger partial charge in [-0.05, 0) is 88.7 Å². The highest BCUT2D eigenvalue weighted by molar-refractivity contribution is 14.1. The molecule has 1 aliphatic heterocycles. The zero-order chi connectivity index (χ0) is 24.0. The Labute approximate surface area is 213 Å². The molecule has 0 bridgehead atoms. The molecule has 3 aromatic rings. The molecule has 1 amide bonds. The third-order valence-corrected chi connectivity index (χ3v) is 5.97. The maximum atomic E-state index is 12.6. The van der Waals surface area contributed by atoms with E-state index in [1.807, 2.05) is 48.2 Å². The van der Waals surface area contributed by atoms with Crippen molar-refractivity contribution in [2.45, 2.75) is 46.3 Å². The molecule has 5 nitrogen and oxygen atoms in total. The van der Waals surface area contributed by atoms with Gasteiger partial charge in [0.1, 0.15) is 17.7 Å². The fourth-order valence-corrected chi connectivity index (χ4v) is 3.93. The van der Waals surface area contributed by atoms with E-state index in [-0.39, 0.29) is 43.0 Å². The van der Waals surface area contributed by atoms with E-state index in [2.05, 4.69) is 22.6 Å². The van der Waals surface area contributed by atoms with Crippen LogP contribution in [0.3, 0.4) is 0 Å². The Morgan fingerprint density at radius 1 is 1.09 bits per heavy atom. The van der Waals surface area contributed by atoms with E-state index in [0.29, 0.717) is 12.8 Å². The summed E-state index contributed by atoms with van der Waals surface area (Å²) in [5.41, 5.74) is 2.80. The molecule has 3 aromatic carbocycles. The molecule has 4 rings (SSSR count). The standard InChI is InChI=1S/C15H12INO2.C11H13FO2.CH4/c16-11-3-5-12(6-4-11)17-14(9-15(17)19)10-1-7-13(18)8-2-10;1-3-11(14-8(2)13)9-4-6-10(12)7-5-9;/h1-8,14,18H,9H2;4-7,11H,3H2,1-2H3;1H4/t14-;11-;/m00./s1. The summed E-state index contributed by atoms with van der Waals surface area (Å²) < 4.78 is 18.8. The highest BCUT2D eigenvalue weighted by Gasteiger charge is 2.38. The number of carbonyl (C=O) groups is 2. The van der Waals surface area contributed by atoms with Gasteiger partial charge in [-0.15, -0.1) is 0 Å². The molecule has 0 radical (unpaired) electrons. The van der Waals surface area contributed by atoms with Gasteiger partial charge in [0.05, 0.1) is 12.5 Å². The Morgan fingerprint density at radius 3 is 2.18 bits per heavy atom. The number of phenols is 1. The minimum absolute atomic E-state index is 0. The highest BCUT2D eigenvalue weighted by atomic mass is 127. The first kappa shape index (κ1) is 27.3. The van der Waals surface area contributed by atoms with Gasteiger partial charge in [0.25, 0.3) is 0 Å². The average molecular weight is 577 g/mol. The first-order valence-electron chi connectivity index (χ1n) is 10.6. The van der Waals surface area contributed by atoms with Crippen molar-refractivity contribution in [3.05, 3.63) is 93.3 Å². The number of β-lactam (4-membered cyclic amide) rings is 1. The molecule has 2 atom stereocenters. The molecule has 0 saturated carbocycles. The van der Waals surface area contributed by atoms with Crippen molar-refractivity contribution >= 4 is 40.2 Å². The van der Waals surface area contributed by atoms with Crippen molar-refractivity contribution in [3.63, 3.8) is 0 Å². The van der Waals surface area contributed by atoms with Crippen LogP contribution in [0.5, 0.6) is 5.75 Å². The SMILES string of the molecule is C.CC[C@H](OC(C)=O)c1ccc(F)cc1.O=C1C[C@@H](c2ccc(O)cc2)N1c1ccc(I)cc1. The van der Waals surface area contributed by atoms with Crippen LogP contribution < -0.4 is 4.90 Å². The van der Waals surface area contributed by atoms with E-state index in [0.717, 1.165) is 20.4 Å². The van der Waals surface area contributed by atoms with Gasteiger partial charge in [-0.2, -0.15) is 0 Å². The van der Waals surface area contributed by atoms with Gasteiger partial charge in [0.2, 0.25) is 5.91 Å². The van der Waals surface area contributed by atoms with Crippen LogP contribution in [0.4, 0.5) is 10.1 Å². The minimum Gasteiger partial charge on any atom is -0.508 e. The Bertz CT molecular complexity index is 1090. The third-order valence-electron chi connectivity index (χ3n) is 5.25. The average Bonchev–Trinajstić information content (AvgIpc) is 2.79. The summed E-state index contributed by atoms with van der Waals surface area (Å²) in [5.74, 6) is -0.220. The van der Waals surface area contributed by atoms with E-state index in [1.54, 1.807) is 24.3 Å². The monoisotopic (exact) mass is 577 g/mol. The van der Waals surface area contributed by atoms with E-state index >= 15 is 0 Å². The lowest BCUT2D eigenvalue weighted by atomic mass is 9.93. The number of carbonyl (C=O) groups excluding carboxylic acids is 2. The van der Waals surface area contributed by atoms with Crippen LogP contribution in [0.25, 0.3) is 0 Å². The van der Waals surface area contributed by atoms with Crippen LogP contribution in [-0.2, 0) is 14.3 Å². The van der Waals surface area contributed by atoms with Gasteiger partial charge in [0, 0.05) is 16.2 Å². The molecular weight excluding hydrogens is 548 g/mol. The normalized spacial score (nSPS) is 15.2. The summed E-state index contributed by atoms with van der Waals surface area (Å²) in [7, 11) is 0. The first-order chi connectivity index (χ1) is 15.8. The minimum atomic E-state index is -0.318. The lowest BCUT2D eigenvalue weighted by molar-refractivity contribution is -0.146. The second-order valence-electron chi connectivity index (χ2n) is 7.61. The van der Waals surface area contributed by atoms with Gasteiger partial charge in [-0.25, -0.2) is 4.39 Å². The van der Waals surface area contributed by atoms with Crippen LogP contribution in [-0.4, -0.2) is 17.0 Å². The van der Waals surface area contributed by atoms with Crippen LogP contribution in [0.1, 0.15) is 57.4 Å². The largest absolute Gasteiger partial charge is 0.508 e. The van der Waals surface area contributed by atoms with E-state index < -0.39 is 0 Å². The maximum Gasteiger partial charge on any atom is 0.303 e. The molecule has 0 unspecified atom stereocenters. The van der Waals surface area contributed by atoms with Gasteiger partial charge in [0.15, 0.2) is 0 Å². The van der Waals surface area contributed by atoms with E-state index in [9.17, 15) is 19.1 Å². The number of aromatic hydroxyl groups is 1. The molecule has 7 heteroatoms. The molecule has 34 heavy (non-hydrogen) atoms. The zero-order valence-corrected chi connectivity index (χ0v) is 20.5. The van der Waals surface area contributed by atoms with Crippen LogP contribution >= 0.6 is 22.6 Å². The quantitative estimate of drug-likeness (QED) is 0.203. The first-order valence-corrected chi connectivity index (χ1v) is 11.7. The molecule has 1 saturated heterocycles. The summed E-state index contributed by atoms with van der Waals surface area (Å²) in [6, 6.07) is 21.0. The van der Waals surface area contributed by atoms with Gasteiger partial charge in [-0.3, -0.25) is 9.59 Å². The summed E-state index contributed by atoms with van der Waals surface area (Å²) in [6.07, 6.45) is 0.940. The van der Waals surface area contributed by atoms with Crippen molar-refractivity contribution in [2.24, 2.45) is 0 Å². The van der Waals surface area contributed by atoms with Crippen molar-refractivity contribution in [1.82, 2.24) is 0 Å². The van der Waals surface area contributed by atoms with Crippen molar-refractivity contribution in [2.75, 3.05) is 4.90 Å². The number of ether oxygens (including phenoxy) is 1. The second kappa shape index (κ2) is 12.5. The van der Waals surface area contributed by atoms with Crippen LogP contribution in [0, 0.1) is 9.39 Å². The van der Waals surface area contributed by atoms with Crippen molar-refractivity contribution < 1.29 is 23.8 Å². The Balaban J connectivity index is 0.000000245. The van der Waals surface area contributed by atoms with E-state index in [1.165, 1.54) is 19.1 Å². The summed E-state index contributed by atoms with van der Waals surface area (Å²) in [4.78, 5) is 24.4. The fourth-order valence-electron chi connectivity index (χ4n) is 3.57. The third kappa shape index (κ3) is 7.03. The van der Waals surface area contributed by atoms with Gasteiger partial charge in [-0.1, -0.05) is 38.6 Å². The molecule has 0 aliphatic carbocycles. The van der Waals surface area contributed by atoms with E-state index in [4.69, 9.17) is 4.74 Å². The van der Waals surface area contributed by atoms with Crippen LogP contribution in [0.2, 0.25) is 0 Å². The lowest BCUT2D eigenvalue weighted by Crippen LogP contribution is -2.46. The number of phenolic OH excluding ortho intramolecular Hbond substituents is 1. The molecule has 0 aromatic heterocycles. The summed E-state index contributed by atoms with van der Waals surface area (Å²) in [5, 5.41) is 9.31. The van der Waals surface area contributed by atoms with Crippen molar-refractivity contribution in [3.8, 4) is 5.75 Å². The number of amides is 1. The molecular formula is C27H29FINO4. The van der Waals surface area contributed by atoms with Gasteiger partial charge >= 0.3 is 5.97 Å². The Morgan fingerprint density at radius 2 is 1.68 bits per heavy atom. The zero-order valence-electron chi connectivity index (χ0n) is 18.4. The highest BCUT2D eigenvalue weighted by Crippen LogP contribution is 2.39. The topological polar surface area (TPSA) is 66.8 Å². The predicted octanol–water partition coefficient (Wildman–Crippen LogP) is 6.95. The Hall–Kier alpha value is -2.94. The molecule has 180 valence electrons. The molecule has 0 spiro atoms. The Kier molecular flexibility index (Phi) is 10.0. The summed E-state index contributed by atoms with van der Waals surface area (Å²) >= 11 is 2.24. The maximum absolute atomic E-state index is 12.6. The smallest absolute Gasteiger partial charge is 0.303 e. The molecule has 1 N–H and O–H groups in total.